The van der Waals surface area contributed by atoms with Gasteiger partial charge in [0.25, 0.3) is 16.1 Å². The van der Waals surface area contributed by atoms with Gasteiger partial charge in [0.05, 0.1) is 5.56 Å². The molecule has 2 aromatic rings. The van der Waals surface area contributed by atoms with Crippen LogP contribution in [0.3, 0.4) is 0 Å². The number of piperidine rings is 2. The molecule has 2 amide bonds. The van der Waals surface area contributed by atoms with Crippen LogP contribution in [0.15, 0.2) is 32.0 Å². The molecular formula is C33H50FN7O9S. The van der Waals surface area contributed by atoms with Gasteiger partial charge in [-0.2, -0.15) is 21.7 Å². The fraction of sp³-hybridized carbons (Fsp3) is 0.697. The molecule has 4 saturated heterocycles. The average molecular weight is 740 g/mol. The third-order valence-corrected chi connectivity index (χ3v) is 12.7. The number of aromatic nitrogens is 1. The zero-order valence-corrected chi connectivity index (χ0v) is 30.5. The van der Waals surface area contributed by atoms with Crippen molar-refractivity contribution >= 4 is 28.1 Å². The predicted octanol–water partition coefficient (Wildman–Crippen LogP) is 4.31. The fourth-order valence-electron chi connectivity index (χ4n) is 8.02. The molecule has 1 aromatic carbocycles. The van der Waals surface area contributed by atoms with Gasteiger partial charge in [0.15, 0.2) is 0 Å². The average Bonchev–Trinajstić information content (AvgIpc) is 3.54. The van der Waals surface area contributed by atoms with Gasteiger partial charge < -0.3 is 34.4 Å². The minimum absolute atomic E-state index is 0.0568. The summed E-state index contributed by atoms with van der Waals surface area (Å²) < 4.78 is 65.4. The summed E-state index contributed by atoms with van der Waals surface area (Å²) in [5.74, 6) is -0.249. The molecule has 0 bridgehead atoms. The molecule has 284 valence electrons. The SMILES string of the molecule is CC(C)N(C(=O)c1cc(F)ccc1Oc1oo[nH]oc1N1CC2(CCN(CC3CCN(S(=O)(=O)N4CC[C@@H](NC(=O)O)C4)CC3)CC2)C1)C(C)C. The summed E-state index contributed by atoms with van der Waals surface area (Å²) in [6, 6.07) is 3.15. The lowest BCUT2D eigenvalue weighted by atomic mass is 9.72. The van der Waals surface area contributed by atoms with E-state index in [-0.39, 0.29) is 59.1 Å². The smallest absolute Gasteiger partial charge is 0.404 e. The van der Waals surface area contributed by atoms with Crippen molar-refractivity contribution in [2.45, 2.75) is 77.9 Å². The van der Waals surface area contributed by atoms with Crippen LogP contribution < -0.4 is 15.0 Å². The first-order chi connectivity index (χ1) is 24.2. The Balaban J connectivity index is 0.999. The highest BCUT2D eigenvalue weighted by Crippen LogP contribution is 2.46. The van der Waals surface area contributed by atoms with E-state index in [2.05, 4.69) is 15.5 Å². The van der Waals surface area contributed by atoms with Crippen LogP contribution in [-0.4, -0.2) is 126 Å². The van der Waals surface area contributed by atoms with Gasteiger partial charge >= 0.3 is 17.9 Å². The number of anilines is 1. The highest BCUT2D eigenvalue weighted by atomic mass is 32.2. The van der Waals surface area contributed by atoms with E-state index in [9.17, 15) is 22.4 Å². The van der Waals surface area contributed by atoms with Crippen LogP contribution in [0.1, 0.15) is 70.2 Å². The Labute approximate surface area is 297 Å². The van der Waals surface area contributed by atoms with Crippen LogP contribution >= 0.6 is 0 Å². The first kappa shape index (κ1) is 37.0. The molecule has 0 unspecified atom stereocenters. The molecule has 1 spiro atoms. The van der Waals surface area contributed by atoms with E-state index in [0.29, 0.717) is 45.1 Å². The number of H-pyrrole nitrogens is 1. The zero-order valence-electron chi connectivity index (χ0n) is 29.7. The van der Waals surface area contributed by atoms with Crippen molar-refractivity contribution in [3.05, 3.63) is 29.6 Å². The molecule has 16 nitrogen and oxygen atoms in total. The fourth-order valence-corrected chi connectivity index (χ4v) is 9.72. The number of halogens is 1. The van der Waals surface area contributed by atoms with Gasteiger partial charge in [-0.1, -0.05) is 0 Å². The molecule has 1 aromatic heterocycles. The highest BCUT2D eigenvalue weighted by Gasteiger charge is 2.48. The summed E-state index contributed by atoms with van der Waals surface area (Å²) in [5, 5.41) is 13.6. The molecule has 18 heteroatoms. The second kappa shape index (κ2) is 15.1. The topological polar surface area (TPSA) is 181 Å². The Kier molecular flexibility index (Phi) is 11.0. The highest BCUT2D eigenvalue weighted by molar-refractivity contribution is 7.86. The lowest BCUT2D eigenvalue weighted by Gasteiger charge is -2.54. The van der Waals surface area contributed by atoms with Crippen molar-refractivity contribution < 1.29 is 46.0 Å². The Bertz CT molecular complexity index is 1670. The second-order valence-corrected chi connectivity index (χ2v) is 16.8. The number of nitrogens with one attached hydrogen (secondary N) is 2. The van der Waals surface area contributed by atoms with Crippen LogP contribution in [-0.2, 0) is 10.2 Å². The Morgan fingerprint density at radius 2 is 1.73 bits per heavy atom. The number of rotatable bonds is 11. The molecule has 0 radical (unpaired) electrons. The van der Waals surface area contributed by atoms with Gasteiger partial charge in [-0.3, -0.25) is 4.79 Å². The van der Waals surface area contributed by atoms with Crippen LogP contribution in [0.5, 0.6) is 11.7 Å². The number of carbonyl (C=O) groups excluding carboxylic acids is 1. The van der Waals surface area contributed by atoms with Gasteiger partial charge in [0.1, 0.15) is 11.6 Å². The van der Waals surface area contributed by atoms with Gasteiger partial charge in [0, 0.05) is 69.4 Å². The molecule has 4 fully saturated rings. The molecular weight excluding hydrogens is 689 g/mol. The van der Waals surface area contributed by atoms with E-state index in [4.69, 9.17) is 23.6 Å². The molecule has 0 saturated carbocycles. The van der Waals surface area contributed by atoms with Crippen molar-refractivity contribution in [2.24, 2.45) is 11.3 Å². The molecule has 4 aliphatic heterocycles. The van der Waals surface area contributed by atoms with Crippen LogP contribution in [0.4, 0.5) is 15.1 Å². The lowest BCUT2D eigenvalue weighted by Crippen LogP contribution is -2.61. The van der Waals surface area contributed by atoms with Crippen molar-refractivity contribution in [3.8, 4) is 11.7 Å². The van der Waals surface area contributed by atoms with Crippen molar-refractivity contribution in [3.63, 3.8) is 0 Å². The van der Waals surface area contributed by atoms with Crippen molar-refractivity contribution in [1.29, 1.82) is 0 Å². The maximum Gasteiger partial charge on any atom is 0.404 e. The third-order valence-electron chi connectivity index (χ3n) is 10.7. The van der Waals surface area contributed by atoms with E-state index >= 15 is 0 Å². The minimum atomic E-state index is -3.61. The van der Waals surface area contributed by atoms with E-state index < -0.39 is 22.1 Å². The van der Waals surface area contributed by atoms with Gasteiger partial charge in [-0.25, -0.2) is 13.8 Å². The third kappa shape index (κ3) is 8.18. The predicted molar refractivity (Wildman–Crippen MR) is 183 cm³/mol. The number of aromatic amines is 1. The molecule has 6 rings (SSSR count). The Morgan fingerprint density at radius 3 is 2.37 bits per heavy atom. The zero-order chi connectivity index (χ0) is 36.5. The number of hydrogen-bond donors (Lipinski definition) is 3. The summed E-state index contributed by atoms with van der Waals surface area (Å²) >= 11 is 0. The van der Waals surface area contributed by atoms with Crippen molar-refractivity contribution in [1.82, 2.24) is 29.1 Å². The van der Waals surface area contributed by atoms with E-state index in [1.807, 2.05) is 32.6 Å². The van der Waals surface area contributed by atoms with Crippen molar-refractivity contribution in [2.75, 3.05) is 63.8 Å². The summed E-state index contributed by atoms with van der Waals surface area (Å²) in [5.41, 5.74) is 0.143. The maximum atomic E-state index is 14.4. The quantitative estimate of drug-likeness (QED) is 0.280. The Morgan fingerprint density at radius 1 is 1.06 bits per heavy atom. The number of carboxylic acid groups (broad SMARTS) is 1. The molecule has 0 aliphatic carbocycles. The summed E-state index contributed by atoms with van der Waals surface area (Å²) in [6.07, 6.45) is 2.89. The van der Waals surface area contributed by atoms with Crippen LogP contribution in [0.2, 0.25) is 0 Å². The first-order valence-corrected chi connectivity index (χ1v) is 19.2. The standard InChI is InChI=1S/C33H50FN7O9S/c1-22(2)41(23(3)4)29(42)27-17-25(34)5-6-28(27)47-31-30(48-36-50-49-31)38-20-33(21-38)10-15-37(16-11-33)18-24-7-12-39(13-8-24)51(45,46)40-14-9-26(19-40)35-32(43)44/h5-6,17,22-24,26,35-36H,7-16,18-21H2,1-4H3,(H,43,44)/t26-/m1/s1. The summed E-state index contributed by atoms with van der Waals surface area (Å²) in [4.78, 5) is 30.6. The van der Waals surface area contributed by atoms with Crippen LogP contribution in [0.25, 0.3) is 0 Å². The maximum absolute atomic E-state index is 14.4. The van der Waals surface area contributed by atoms with Crippen LogP contribution in [0, 0.1) is 17.2 Å². The number of nitrogens with zero attached hydrogens (tertiary/aromatic N) is 5. The van der Waals surface area contributed by atoms with E-state index in [1.165, 1.54) is 16.4 Å². The largest absolute Gasteiger partial charge is 0.465 e. The molecule has 3 N–H and O–H groups in total. The number of ether oxygens (including phenoxy) is 1. The monoisotopic (exact) mass is 739 g/mol. The van der Waals surface area contributed by atoms with E-state index in [0.717, 1.165) is 51.4 Å². The van der Waals surface area contributed by atoms with Gasteiger partial charge in [-0.15, -0.1) is 0 Å². The second-order valence-electron chi connectivity index (χ2n) is 14.9. The lowest BCUT2D eigenvalue weighted by molar-refractivity contribution is -0.0940. The molecule has 4 aliphatic rings. The number of carbonyl (C=O) groups is 2. The van der Waals surface area contributed by atoms with Gasteiger partial charge in [0.2, 0.25) is 0 Å². The minimum Gasteiger partial charge on any atom is -0.465 e. The number of benzene rings is 1. The normalized spacial score (nSPS) is 22.0. The Hall–Kier alpha value is -3.74. The number of likely N-dealkylation sites (tertiary alicyclic amines) is 1. The van der Waals surface area contributed by atoms with E-state index in [1.54, 1.807) is 9.21 Å². The molecule has 51 heavy (non-hydrogen) atoms. The summed E-state index contributed by atoms with van der Waals surface area (Å²) in [7, 11) is -3.61. The molecule has 1 atom stereocenters. The summed E-state index contributed by atoms with van der Waals surface area (Å²) in [6.45, 7) is 13.2. The number of amides is 2. The first-order valence-electron chi connectivity index (χ1n) is 17.8. The number of hydrogen-bond acceptors (Lipinski definition) is 10. The van der Waals surface area contributed by atoms with Gasteiger partial charge in [-0.05, 0) is 102 Å². The molecule has 5 heterocycles.